The minimum absolute atomic E-state index is 0.134. The lowest BCUT2D eigenvalue weighted by molar-refractivity contribution is -0.941. The van der Waals surface area contributed by atoms with Crippen molar-refractivity contribution in [2.75, 3.05) is 6.54 Å². The fourth-order valence-electron chi connectivity index (χ4n) is 3.74. The van der Waals surface area contributed by atoms with Crippen molar-refractivity contribution >= 4 is 27.2 Å². The number of thiazole rings is 1. The van der Waals surface area contributed by atoms with E-state index in [1.807, 2.05) is 18.2 Å². The number of fused-ring (bicyclic) bond motifs is 1. The van der Waals surface area contributed by atoms with Crippen LogP contribution in [0, 0.1) is 24.0 Å². The van der Waals surface area contributed by atoms with Crippen LogP contribution in [0.4, 0.5) is 5.69 Å². The summed E-state index contributed by atoms with van der Waals surface area (Å²) in [5.41, 5.74) is 2.30. The van der Waals surface area contributed by atoms with Crippen LogP contribution in [0.5, 0.6) is 0 Å². The molecule has 2 aromatic heterocycles. The average molecular weight is 358 g/mol. The second-order valence-electron chi connectivity index (χ2n) is 6.56. The molecule has 0 spiro atoms. The Morgan fingerprint density at radius 3 is 2.92 bits per heavy atom. The number of aryl methyl sites for hydroxylation is 1. The van der Waals surface area contributed by atoms with Crippen molar-refractivity contribution in [1.29, 1.82) is 0 Å². The maximum Gasteiger partial charge on any atom is 0.312 e. The number of likely N-dealkylation sites (tertiary alicyclic amines) is 1. The molecule has 1 aromatic carbocycles. The van der Waals surface area contributed by atoms with Crippen molar-refractivity contribution in [1.82, 2.24) is 14.8 Å². The summed E-state index contributed by atoms with van der Waals surface area (Å²) < 4.78 is 3.00. The first-order valence-corrected chi connectivity index (χ1v) is 9.24. The van der Waals surface area contributed by atoms with Crippen molar-refractivity contribution in [2.45, 2.75) is 39.4 Å². The van der Waals surface area contributed by atoms with Gasteiger partial charge in [0.1, 0.15) is 17.4 Å². The third kappa shape index (κ3) is 2.81. The van der Waals surface area contributed by atoms with E-state index < -0.39 is 0 Å². The lowest BCUT2D eigenvalue weighted by Crippen LogP contribution is -3.09. The molecule has 0 amide bonds. The summed E-state index contributed by atoms with van der Waals surface area (Å²) in [4.78, 5) is 17.1. The molecule has 0 aliphatic carbocycles. The van der Waals surface area contributed by atoms with Crippen LogP contribution in [-0.4, -0.2) is 26.2 Å². The molecule has 1 unspecified atom stereocenters. The van der Waals surface area contributed by atoms with Crippen LogP contribution in [-0.2, 0) is 6.67 Å². The fourth-order valence-corrected chi connectivity index (χ4v) is 4.90. The Morgan fingerprint density at radius 2 is 2.20 bits per heavy atom. The Bertz CT molecular complexity index is 915. The van der Waals surface area contributed by atoms with Crippen molar-refractivity contribution in [2.24, 2.45) is 0 Å². The van der Waals surface area contributed by atoms with E-state index in [-0.39, 0.29) is 10.6 Å². The summed E-state index contributed by atoms with van der Waals surface area (Å²) in [6.45, 7) is 5.15. The fraction of sp³-hybridized carbons (Fsp3) is 0.412. The lowest BCUT2D eigenvalue weighted by atomic mass is 10.2. The van der Waals surface area contributed by atoms with Gasteiger partial charge in [-0.05, 0) is 26.0 Å². The minimum Gasteiger partial charge on any atom is -0.308 e. The normalized spacial score (nSPS) is 20.4. The van der Waals surface area contributed by atoms with Gasteiger partial charge in [0, 0.05) is 12.8 Å². The highest BCUT2D eigenvalue weighted by molar-refractivity contribution is 7.18. The molecule has 8 heteroatoms. The molecule has 0 saturated carbocycles. The largest absolute Gasteiger partial charge is 0.312 e. The molecule has 0 bridgehead atoms. The van der Waals surface area contributed by atoms with Crippen molar-refractivity contribution in [3.05, 3.63) is 50.8 Å². The van der Waals surface area contributed by atoms with Gasteiger partial charge in [0.15, 0.2) is 11.7 Å². The van der Waals surface area contributed by atoms with E-state index >= 15 is 0 Å². The van der Waals surface area contributed by atoms with Gasteiger partial charge in [0.05, 0.1) is 21.7 Å². The molecule has 1 aliphatic heterocycles. The molecule has 0 radical (unpaired) electrons. The van der Waals surface area contributed by atoms with Gasteiger partial charge in [-0.1, -0.05) is 12.1 Å². The summed E-state index contributed by atoms with van der Waals surface area (Å²) in [7, 11) is 0. The number of hydrogen-bond donors (Lipinski definition) is 1. The minimum atomic E-state index is -0.335. The Kier molecular flexibility index (Phi) is 4.01. The Morgan fingerprint density at radius 1 is 1.40 bits per heavy atom. The first-order chi connectivity index (χ1) is 12.0. The van der Waals surface area contributed by atoms with Crippen molar-refractivity contribution < 1.29 is 9.82 Å². The van der Waals surface area contributed by atoms with Crippen LogP contribution in [0.25, 0.3) is 10.2 Å². The third-order valence-electron chi connectivity index (χ3n) is 4.97. The van der Waals surface area contributed by atoms with E-state index in [1.54, 1.807) is 29.9 Å². The van der Waals surface area contributed by atoms with Gasteiger partial charge in [0.25, 0.3) is 0 Å². The van der Waals surface area contributed by atoms with E-state index in [4.69, 9.17) is 4.98 Å². The smallest absolute Gasteiger partial charge is 0.308 e. The van der Waals surface area contributed by atoms with Gasteiger partial charge < -0.3 is 4.90 Å². The predicted molar refractivity (Wildman–Crippen MR) is 95.8 cm³/mol. The molecule has 2 atom stereocenters. The van der Waals surface area contributed by atoms with Crippen molar-refractivity contribution in [3.8, 4) is 0 Å². The Balaban J connectivity index is 1.62. The number of para-hydroxylation sites is 1. The van der Waals surface area contributed by atoms with Gasteiger partial charge >= 0.3 is 5.69 Å². The average Bonchev–Trinajstić information content (AvgIpc) is 3.25. The number of quaternary nitrogens is 1. The Hall–Kier alpha value is -2.32. The summed E-state index contributed by atoms with van der Waals surface area (Å²) in [5, 5.41) is 16.8. The zero-order valence-corrected chi connectivity index (χ0v) is 15.0. The lowest BCUT2D eigenvalue weighted by Gasteiger charge is -2.20. The number of benzene rings is 1. The Labute approximate surface area is 149 Å². The van der Waals surface area contributed by atoms with E-state index in [9.17, 15) is 10.1 Å². The number of nitrogens with one attached hydrogen (secondary N) is 1. The van der Waals surface area contributed by atoms with Gasteiger partial charge in [-0.3, -0.25) is 10.1 Å². The van der Waals surface area contributed by atoms with Gasteiger partial charge in [-0.15, -0.1) is 11.3 Å². The third-order valence-corrected chi connectivity index (χ3v) is 6.12. The van der Waals surface area contributed by atoms with Gasteiger partial charge in [-0.25, -0.2) is 9.67 Å². The molecule has 4 rings (SSSR count). The number of hydrogen-bond acceptors (Lipinski definition) is 5. The topological polar surface area (TPSA) is 78.3 Å². The second kappa shape index (κ2) is 6.20. The molecule has 1 aliphatic rings. The summed E-state index contributed by atoms with van der Waals surface area (Å²) in [6.07, 6.45) is 2.23. The van der Waals surface area contributed by atoms with Crippen LogP contribution < -0.4 is 4.90 Å². The molecule has 7 nitrogen and oxygen atoms in total. The monoisotopic (exact) mass is 358 g/mol. The highest BCUT2D eigenvalue weighted by atomic mass is 32.1. The molecular weight excluding hydrogens is 338 g/mol. The zero-order valence-electron chi connectivity index (χ0n) is 14.2. The van der Waals surface area contributed by atoms with Crippen LogP contribution >= 0.6 is 11.3 Å². The molecular formula is C17H20N5O2S+. The molecule has 3 aromatic rings. The molecule has 1 saturated heterocycles. The van der Waals surface area contributed by atoms with Crippen LogP contribution in [0.15, 0.2) is 24.3 Å². The predicted octanol–water partition coefficient (Wildman–Crippen LogP) is 2.40. The van der Waals surface area contributed by atoms with Crippen LogP contribution in [0.2, 0.25) is 0 Å². The highest BCUT2D eigenvalue weighted by Gasteiger charge is 2.34. The number of rotatable bonds is 4. The highest BCUT2D eigenvalue weighted by Crippen LogP contribution is 2.29. The molecule has 25 heavy (non-hydrogen) atoms. The molecule has 1 fully saturated rings. The summed E-state index contributed by atoms with van der Waals surface area (Å²) in [6, 6.07) is 8.54. The zero-order chi connectivity index (χ0) is 17.6. The quantitative estimate of drug-likeness (QED) is 0.574. The standard InChI is InChI=1S/C17H19N5O2S/c1-11-16(22(23)24)12(2)21(19-11)10-20-9-5-7-14(20)17-18-13-6-3-4-8-15(13)25-17/h3-4,6,8,14H,5,7,9-10H2,1-2H3/p+1/t14-/m0/s1. The first-order valence-electron chi connectivity index (χ1n) is 8.43. The number of aromatic nitrogens is 3. The van der Waals surface area contributed by atoms with Gasteiger partial charge in [0.2, 0.25) is 0 Å². The number of nitrogens with zero attached hydrogens (tertiary/aromatic N) is 4. The summed E-state index contributed by atoms with van der Waals surface area (Å²) in [5.74, 6) is 0. The molecule has 1 N–H and O–H groups in total. The van der Waals surface area contributed by atoms with E-state index in [1.165, 1.54) is 9.60 Å². The first kappa shape index (κ1) is 16.2. The maximum atomic E-state index is 11.2. The van der Waals surface area contributed by atoms with E-state index in [0.29, 0.717) is 24.1 Å². The van der Waals surface area contributed by atoms with E-state index in [2.05, 4.69) is 11.2 Å². The molecule has 3 heterocycles. The van der Waals surface area contributed by atoms with E-state index in [0.717, 1.165) is 29.9 Å². The number of nitro groups is 1. The van der Waals surface area contributed by atoms with Crippen LogP contribution in [0.1, 0.15) is 35.3 Å². The van der Waals surface area contributed by atoms with Crippen LogP contribution in [0.3, 0.4) is 0 Å². The second-order valence-corrected chi connectivity index (χ2v) is 7.62. The van der Waals surface area contributed by atoms with Gasteiger partial charge in [-0.2, -0.15) is 5.10 Å². The maximum absolute atomic E-state index is 11.2. The van der Waals surface area contributed by atoms with Crippen molar-refractivity contribution in [3.63, 3.8) is 0 Å². The molecule has 130 valence electrons. The SMILES string of the molecule is Cc1nn(C[NH+]2CCC[C@H]2c2nc3ccccc3s2)c(C)c1[N+](=O)[O-]. The summed E-state index contributed by atoms with van der Waals surface area (Å²) >= 11 is 1.76.